The summed E-state index contributed by atoms with van der Waals surface area (Å²) in [7, 11) is 0. The van der Waals surface area contributed by atoms with E-state index in [9.17, 15) is 0 Å². The van der Waals surface area contributed by atoms with Crippen LogP contribution in [0.5, 0.6) is 0 Å². The summed E-state index contributed by atoms with van der Waals surface area (Å²) in [5.41, 5.74) is 8.97. The Morgan fingerprint density at radius 3 is 2.09 bits per heavy atom. The van der Waals surface area contributed by atoms with Crippen molar-refractivity contribution in [2.45, 2.75) is 33.6 Å². The first-order valence-electron chi connectivity index (χ1n) is 12.3. The highest BCUT2D eigenvalue weighted by atomic mass is 16.3. The quantitative estimate of drug-likeness (QED) is 0.245. The van der Waals surface area contributed by atoms with Gasteiger partial charge in [-0.2, -0.15) is 9.13 Å². The minimum absolute atomic E-state index is 0.328. The van der Waals surface area contributed by atoms with Gasteiger partial charge in [-0.3, -0.25) is 0 Å². The fraction of sp³-hybridized carbons (Fsp3) is 0.156. The van der Waals surface area contributed by atoms with E-state index in [0.717, 1.165) is 39.1 Å². The molecule has 0 atom stereocenters. The average molecular weight is 458 g/mol. The maximum Gasteiger partial charge on any atom is 0.299 e. The molecule has 0 bridgehead atoms. The molecular formula is C32H29N2O+. The summed E-state index contributed by atoms with van der Waals surface area (Å²) < 4.78 is 11.4. The molecule has 4 aromatic carbocycles. The summed E-state index contributed by atoms with van der Waals surface area (Å²) in [6.07, 6.45) is 0. The molecule has 6 aromatic rings. The lowest BCUT2D eigenvalue weighted by Gasteiger charge is -2.09. The lowest BCUT2D eigenvalue weighted by Crippen LogP contribution is -2.36. The molecule has 0 amide bonds. The Morgan fingerprint density at radius 2 is 1.37 bits per heavy atom. The van der Waals surface area contributed by atoms with Gasteiger partial charge in [0.05, 0.1) is 5.56 Å². The van der Waals surface area contributed by atoms with Crippen LogP contribution in [0.4, 0.5) is 0 Å². The Labute approximate surface area is 205 Å². The Balaban J connectivity index is 1.81. The molecule has 0 saturated heterocycles. The van der Waals surface area contributed by atoms with Crippen molar-refractivity contribution in [2.24, 2.45) is 0 Å². The number of imidazole rings is 1. The minimum Gasteiger partial charge on any atom is -0.452 e. The van der Waals surface area contributed by atoms with Gasteiger partial charge in [-0.05, 0) is 43.3 Å². The second kappa shape index (κ2) is 8.28. The van der Waals surface area contributed by atoms with Gasteiger partial charge in [0, 0.05) is 29.2 Å². The number of hydrogen-bond acceptors (Lipinski definition) is 1. The monoisotopic (exact) mass is 457 g/mol. The molecule has 35 heavy (non-hydrogen) atoms. The number of rotatable bonds is 4. The molecule has 0 spiro atoms. The lowest BCUT2D eigenvalue weighted by atomic mass is 10.1. The van der Waals surface area contributed by atoms with Gasteiger partial charge in [0.1, 0.15) is 17.0 Å². The van der Waals surface area contributed by atoms with Crippen LogP contribution in [-0.4, -0.2) is 4.57 Å². The highest BCUT2D eigenvalue weighted by Crippen LogP contribution is 2.36. The first-order valence-corrected chi connectivity index (χ1v) is 12.3. The second-order valence-corrected chi connectivity index (χ2v) is 9.53. The van der Waals surface area contributed by atoms with E-state index >= 15 is 0 Å². The van der Waals surface area contributed by atoms with Crippen molar-refractivity contribution >= 4 is 21.9 Å². The third-order valence-corrected chi connectivity index (χ3v) is 6.91. The molecule has 0 aliphatic carbocycles. The number of hydrogen-bond donors (Lipinski definition) is 0. The number of fused-ring (bicyclic) bond motifs is 3. The standard InChI is InChI=1S/C32H29N2O/c1-21(2)29-23(4)33(30-22(3)19-20-27-26-17-11-12-18-28(26)35-31(27)30)32(24-13-7-5-8-14-24)34(29)25-15-9-6-10-16-25/h5-21H,1-4H3/q+1. The third kappa shape index (κ3) is 3.30. The summed E-state index contributed by atoms with van der Waals surface area (Å²) in [6, 6.07) is 34.1. The molecule has 0 saturated carbocycles. The summed E-state index contributed by atoms with van der Waals surface area (Å²) >= 11 is 0. The maximum absolute atomic E-state index is 6.55. The van der Waals surface area contributed by atoms with Gasteiger partial charge >= 0.3 is 0 Å². The first-order chi connectivity index (χ1) is 17.1. The van der Waals surface area contributed by atoms with Crippen molar-refractivity contribution in [1.29, 1.82) is 0 Å². The first kappa shape index (κ1) is 21.4. The highest BCUT2D eigenvalue weighted by molar-refractivity contribution is 6.07. The maximum atomic E-state index is 6.55. The van der Waals surface area contributed by atoms with Crippen LogP contribution in [0.3, 0.4) is 0 Å². The normalized spacial score (nSPS) is 11.7. The van der Waals surface area contributed by atoms with Crippen LogP contribution in [0.1, 0.15) is 36.7 Å². The number of nitrogens with zero attached hydrogens (tertiary/aromatic N) is 2. The fourth-order valence-electron chi connectivity index (χ4n) is 5.43. The molecule has 0 unspecified atom stereocenters. The van der Waals surface area contributed by atoms with Gasteiger partial charge in [-0.15, -0.1) is 0 Å². The summed E-state index contributed by atoms with van der Waals surface area (Å²) in [5.74, 6) is 1.46. The van der Waals surface area contributed by atoms with Gasteiger partial charge in [-0.1, -0.05) is 74.5 Å². The zero-order chi connectivity index (χ0) is 24.1. The molecule has 2 aromatic heterocycles. The Kier molecular flexibility index (Phi) is 5.07. The van der Waals surface area contributed by atoms with E-state index in [1.54, 1.807) is 0 Å². The molecule has 3 heteroatoms. The van der Waals surface area contributed by atoms with Crippen molar-refractivity contribution in [1.82, 2.24) is 4.57 Å². The van der Waals surface area contributed by atoms with Gasteiger partial charge < -0.3 is 4.42 Å². The van der Waals surface area contributed by atoms with Crippen molar-refractivity contribution in [3.63, 3.8) is 0 Å². The minimum atomic E-state index is 0.328. The van der Waals surface area contributed by atoms with Crippen LogP contribution in [0.2, 0.25) is 0 Å². The average Bonchev–Trinajstić information content (AvgIpc) is 3.40. The van der Waals surface area contributed by atoms with Crippen LogP contribution < -0.4 is 4.57 Å². The highest BCUT2D eigenvalue weighted by Gasteiger charge is 2.35. The van der Waals surface area contributed by atoms with Crippen LogP contribution in [0, 0.1) is 13.8 Å². The third-order valence-electron chi connectivity index (χ3n) is 6.91. The van der Waals surface area contributed by atoms with Crippen molar-refractivity contribution < 1.29 is 8.98 Å². The van der Waals surface area contributed by atoms with E-state index in [1.807, 2.05) is 6.07 Å². The van der Waals surface area contributed by atoms with Gasteiger partial charge in [0.2, 0.25) is 0 Å². The smallest absolute Gasteiger partial charge is 0.299 e. The summed E-state index contributed by atoms with van der Waals surface area (Å²) in [5, 5.41) is 2.29. The number of aromatic nitrogens is 2. The van der Waals surface area contributed by atoms with Crippen LogP contribution in [-0.2, 0) is 0 Å². The molecule has 3 nitrogen and oxygen atoms in total. The Bertz CT molecular complexity index is 1670. The SMILES string of the molecule is Cc1ccc2c(oc3ccccc32)c1-[n+]1c(C)c(C(C)C)n(-c2ccccc2)c1-c1ccccc1. The molecule has 0 radical (unpaired) electrons. The Hall–Kier alpha value is -4.11. The number of aryl methyl sites for hydroxylation is 1. The van der Waals surface area contributed by atoms with E-state index in [1.165, 1.54) is 22.5 Å². The zero-order valence-electron chi connectivity index (χ0n) is 20.6. The van der Waals surface area contributed by atoms with E-state index in [0.29, 0.717) is 5.92 Å². The lowest BCUT2D eigenvalue weighted by molar-refractivity contribution is -0.589. The van der Waals surface area contributed by atoms with Crippen LogP contribution >= 0.6 is 0 Å². The van der Waals surface area contributed by atoms with Gasteiger partial charge in [-0.25, -0.2) is 0 Å². The van der Waals surface area contributed by atoms with Gasteiger partial charge in [0.25, 0.3) is 5.82 Å². The summed E-state index contributed by atoms with van der Waals surface area (Å²) in [4.78, 5) is 0. The van der Waals surface area contributed by atoms with Gasteiger partial charge in [0.15, 0.2) is 17.0 Å². The largest absolute Gasteiger partial charge is 0.452 e. The fourth-order valence-corrected chi connectivity index (χ4v) is 5.43. The number of para-hydroxylation sites is 2. The Morgan fingerprint density at radius 1 is 0.714 bits per heavy atom. The topological polar surface area (TPSA) is 21.9 Å². The molecule has 0 aliphatic rings. The van der Waals surface area contributed by atoms with Crippen LogP contribution in [0.15, 0.2) is 101 Å². The van der Waals surface area contributed by atoms with Crippen LogP contribution in [0.25, 0.3) is 44.7 Å². The van der Waals surface area contributed by atoms with E-state index in [-0.39, 0.29) is 0 Å². The van der Waals surface area contributed by atoms with E-state index in [2.05, 4.69) is 128 Å². The van der Waals surface area contributed by atoms with E-state index in [4.69, 9.17) is 4.42 Å². The predicted octanol–water partition coefficient (Wildman–Crippen LogP) is 8.06. The van der Waals surface area contributed by atoms with Crippen molar-refractivity contribution in [3.8, 4) is 22.8 Å². The van der Waals surface area contributed by atoms with E-state index < -0.39 is 0 Å². The predicted molar refractivity (Wildman–Crippen MR) is 144 cm³/mol. The molecule has 0 fully saturated rings. The molecule has 6 rings (SSSR count). The molecule has 0 aliphatic heterocycles. The number of benzene rings is 4. The molecule has 172 valence electrons. The summed E-state index contributed by atoms with van der Waals surface area (Å²) in [6.45, 7) is 8.96. The van der Waals surface area contributed by atoms with Crippen molar-refractivity contribution in [2.75, 3.05) is 0 Å². The second-order valence-electron chi connectivity index (χ2n) is 9.53. The number of furan rings is 1. The molecular weight excluding hydrogens is 428 g/mol. The molecule has 2 heterocycles. The van der Waals surface area contributed by atoms with Crippen molar-refractivity contribution in [3.05, 3.63) is 114 Å². The molecule has 0 N–H and O–H groups in total. The zero-order valence-corrected chi connectivity index (χ0v) is 20.6.